The van der Waals surface area contributed by atoms with Gasteiger partial charge in [0.05, 0.1) is 13.5 Å². The zero-order valence-corrected chi connectivity index (χ0v) is 13.5. The lowest BCUT2D eigenvalue weighted by molar-refractivity contribution is -0.220. The maximum atomic E-state index is 11.6. The first-order valence-corrected chi connectivity index (χ1v) is 7.37. The highest BCUT2D eigenvalue weighted by Gasteiger charge is 2.56. The van der Waals surface area contributed by atoms with Crippen molar-refractivity contribution in [2.24, 2.45) is 0 Å². The van der Waals surface area contributed by atoms with Crippen LogP contribution in [-0.2, 0) is 28.5 Å². The molecule has 0 radical (unpaired) electrons. The second kappa shape index (κ2) is 7.06. The van der Waals surface area contributed by atoms with Gasteiger partial charge in [-0.3, -0.25) is 4.79 Å². The fraction of sp³-hybridized carbons (Fsp3) is 0.800. The average molecular weight is 315 g/mol. The summed E-state index contributed by atoms with van der Waals surface area (Å²) in [5, 5.41) is 3.22. The summed E-state index contributed by atoms with van der Waals surface area (Å²) in [6.07, 6.45) is 0.343. The number of rotatable bonds is 7. The molecule has 22 heavy (non-hydrogen) atoms. The summed E-state index contributed by atoms with van der Waals surface area (Å²) in [6, 6.07) is -0.281. The molecule has 0 saturated carbocycles. The molecule has 2 rings (SSSR count). The normalized spacial score (nSPS) is 34.2. The molecule has 2 aliphatic rings. The summed E-state index contributed by atoms with van der Waals surface area (Å²) < 4.78 is 27.9. The van der Waals surface area contributed by atoms with Crippen molar-refractivity contribution in [3.8, 4) is 0 Å². The molecule has 7 heteroatoms. The maximum Gasteiger partial charge on any atom is 0.307 e. The molecule has 0 aromatic carbocycles. The number of ether oxygens (including phenoxy) is 5. The summed E-state index contributed by atoms with van der Waals surface area (Å²) in [7, 11) is 2.96. The van der Waals surface area contributed by atoms with Gasteiger partial charge in [-0.1, -0.05) is 6.08 Å². The van der Waals surface area contributed by atoms with E-state index in [1.54, 1.807) is 13.2 Å². The number of hydrogen-bond acceptors (Lipinski definition) is 7. The molecule has 0 spiro atoms. The van der Waals surface area contributed by atoms with Gasteiger partial charge >= 0.3 is 5.97 Å². The van der Waals surface area contributed by atoms with Crippen LogP contribution in [0.5, 0.6) is 0 Å². The monoisotopic (exact) mass is 315 g/mol. The summed E-state index contributed by atoms with van der Waals surface area (Å²) in [5.74, 6) is -1.03. The number of fused-ring (bicyclic) bond motifs is 1. The van der Waals surface area contributed by atoms with Crippen LogP contribution in [0.4, 0.5) is 0 Å². The van der Waals surface area contributed by atoms with Crippen LogP contribution in [0, 0.1) is 0 Å². The van der Waals surface area contributed by atoms with E-state index in [0.29, 0.717) is 6.54 Å². The van der Waals surface area contributed by atoms with Gasteiger partial charge < -0.3 is 29.0 Å². The van der Waals surface area contributed by atoms with E-state index in [4.69, 9.17) is 23.7 Å². The van der Waals surface area contributed by atoms with E-state index in [9.17, 15) is 4.79 Å². The Kier molecular flexibility index (Phi) is 5.57. The molecule has 126 valence electrons. The summed E-state index contributed by atoms with van der Waals surface area (Å²) >= 11 is 0. The number of methoxy groups -OCH3 is 2. The van der Waals surface area contributed by atoms with Crippen molar-refractivity contribution in [2.45, 2.75) is 56.7 Å². The standard InChI is InChI=1S/C15H25NO6/c1-6-7-16-9(8-10(17)18-4)11-12(19-5)13-14(20-11)22-15(2,3)21-13/h6,9,11-14,16H,1,7-8H2,2-5H3/t9-,11+,12-,13+,14+/m0/s1. The number of carbonyl (C=O) groups excluding carboxylic acids is 1. The Morgan fingerprint density at radius 2 is 2.14 bits per heavy atom. The molecule has 2 fully saturated rings. The number of carbonyl (C=O) groups is 1. The van der Waals surface area contributed by atoms with E-state index >= 15 is 0 Å². The summed E-state index contributed by atoms with van der Waals surface area (Å²) in [5.41, 5.74) is 0. The quantitative estimate of drug-likeness (QED) is 0.544. The largest absolute Gasteiger partial charge is 0.469 e. The molecule has 2 aliphatic heterocycles. The van der Waals surface area contributed by atoms with Crippen LogP contribution in [-0.4, -0.2) is 63.2 Å². The highest BCUT2D eigenvalue weighted by atomic mass is 16.8. The molecule has 7 nitrogen and oxygen atoms in total. The van der Waals surface area contributed by atoms with Crippen LogP contribution in [0.25, 0.3) is 0 Å². The molecule has 2 heterocycles. The zero-order valence-electron chi connectivity index (χ0n) is 13.5. The van der Waals surface area contributed by atoms with Gasteiger partial charge in [-0.2, -0.15) is 0 Å². The van der Waals surface area contributed by atoms with Crippen molar-refractivity contribution in [3.63, 3.8) is 0 Å². The van der Waals surface area contributed by atoms with Crippen molar-refractivity contribution < 1.29 is 28.5 Å². The molecule has 2 saturated heterocycles. The third-order valence-corrected chi connectivity index (χ3v) is 3.83. The molecule has 0 aromatic rings. The van der Waals surface area contributed by atoms with E-state index in [1.165, 1.54) is 7.11 Å². The first-order chi connectivity index (χ1) is 10.4. The van der Waals surface area contributed by atoms with Gasteiger partial charge in [0.15, 0.2) is 12.1 Å². The van der Waals surface area contributed by atoms with E-state index in [2.05, 4.69) is 11.9 Å². The Labute approximate surface area is 130 Å². The molecule has 0 bridgehead atoms. The Morgan fingerprint density at radius 1 is 1.41 bits per heavy atom. The lowest BCUT2D eigenvalue weighted by atomic mass is 10.0. The van der Waals surface area contributed by atoms with Gasteiger partial charge in [0.25, 0.3) is 0 Å². The molecule has 1 N–H and O–H groups in total. The molecule has 0 aromatic heterocycles. The van der Waals surface area contributed by atoms with E-state index in [-0.39, 0.29) is 36.7 Å². The zero-order chi connectivity index (χ0) is 16.3. The van der Waals surface area contributed by atoms with E-state index in [0.717, 1.165) is 0 Å². The van der Waals surface area contributed by atoms with Crippen LogP contribution in [0.1, 0.15) is 20.3 Å². The summed E-state index contributed by atoms with van der Waals surface area (Å²) in [6.45, 7) is 7.88. The fourth-order valence-electron chi connectivity index (χ4n) is 2.90. The smallest absolute Gasteiger partial charge is 0.307 e. The molecule has 0 aliphatic carbocycles. The van der Waals surface area contributed by atoms with Gasteiger partial charge in [-0.15, -0.1) is 6.58 Å². The van der Waals surface area contributed by atoms with Gasteiger partial charge in [0.1, 0.15) is 18.3 Å². The minimum absolute atomic E-state index is 0.164. The minimum Gasteiger partial charge on any atom is -0.469 e. The third kappa shape index (κ3) is 3.67. The fourth-order valence-corrected chi connectivity index (χ4v) is 2.90. The Hall–Kier alpha value is -0.990. The predicted octanol–water partition coefficient (Wildman–Crippen LogP) is 0.585. The first kappa shape index (κ1) is 17.4. The van der Waals surface area contributed by atoms with Crippen LogP contribution in [0.2, 0.25) is 0 Å². The van der Waals surface area contributed by atoms with Crippen molar-refractivity contribution in [2.75, 3.05) is 20.8 Å². The molecular formula is C15H25NO6. The SMILES string of the molecule is C=CCN[C@@H](CC(=O)OC)[C@H]1O[C@@H]2OC(C)(C)O[C@@H]2[C@H]1OC. The lowest BCUT2D eigenvalue weighted by Crippen LogP contribution is -2.49. The van der Waals surface area contributed by atoms with Gasteiger partial charge in [-0.25, -0.2) is 0 Å². The molecule has 5 atom stereocenters. The summed E-state index contributed by atoms with van der Waals surface area (Å²) in [4.78, 5) is 11.6. The van der Waals surface area contributed by atoms with Crippen molar-refractivity contribution in [3.05, 3.63) is 12.7 Å². The highest BCUT2D eigenvalue weighted by molar-refractivity contribution is 5.70. The topological polar surface area (TPSA) is 75.3 Å². The Morgan fingerprint density at radius 3 is 2.73 bits per heavy atom. The van der Waals surface area contributed by atoms with Crippen molar-refractivity contribution in [1.82, 2.24) is 5.32 Å². The average Bonchev–Trinajstić information content (AvgIpc) is 2.94. The maximum absolute atomic E-state index is 11.6. The van der Waals surface area contributed by atoms with Crippen LogP contribution in [0.15, 0.2) is 12.7 Å². The number of nitrogens with one attached hydrogen (secondary N) is 1. The molecular weight excluding hydrogens is 290 g/mol. The minimum atomic E-state index is -0.705. The van der Waals surface area contributed by atoms with Crippen LogP contribution >= 0.6 is 0 Å². The number of hydrogen-bond donors (Lipinski definition) is 1. The second-order valence-corrected chi connectivity index (χ2v) is 5.85. The highest BCUT2D eigenvalue weighted by Crippen LogP contribution is 2.39. The first-order valence-electron chi connectivity index (χ1n) is 7.37. The lowest BCUT2D eigenvalue weighted by Gasteiger charge is -2.30. The molecule has 0 amide bonds. The van der Waals surface area contributed by atoms with Gasteiger partial charge in [-0.05, 0) is 13.8 Å². The van der Waals surface area contributed by atoms with Crippen molar-refractivity contribution >= 4 is 5.97 Å². The third-order valence-electron chi connectivity index (χ3n) is 3.83. The second-order valence-electron chi connectivity index (χ2n) is 5.85. The van der Waals surface area contributed by atoms with E-state index in [1.807, 2.05) is 13.8 Å². The predicted molar refractivity (Wildman–Crippen MR) is 78.1 cm³/mol. The van der Waals surface area contributed by atoms with Crippen molar-refractivity contribution in [1.29, 1.82) is 0 Å². The number of esters is 1. The Bertz CT molecular complexity index is 413. The molecule has 0 unspecified atom stereocenters. The Balaban J connectivity index is 2.10. The van der Waals surface area contributed by atoms with Gasteiger partial charge in [0.2, 0.25) is 0 Å². The van der Waals surface area contributed by atoms with Gasteiger partial charge in [0, 0.05) is 19.7 Å². The van der Waals surface area contributed by atoms with E-state index < -0.39 is 12.1 Å². The van der Waals surface area contributed by atoms with Crippen LogP contribution in [0.3, 0.4) is 0 Å². The van der Waals surface area contributed by atoms with Crippen LogP contribution < -0.4 is 5.32 Å².